The van der Waals surface area contributed by atoms with Crippen LogP contribution in [0.25, 0.3) is 10.1 Å². The number of imide groups is 3. The standard InChI is InChI=1S/C25H26ClN3O4S/c26-21-14-5-1-2-6-16(14)34-17(21)11-28-15-10-13(4-3-9-30)18(22(28)12-7-8-12)20-19(15)23(31)29(24(20)32)25(27)33/h1-2,5-6,10,12,15,18-20,22,30H,3-4,7-9,11H2,(H2,27,33). The van der Waals surface area contributed by atoms with Crippen molar-refractivity contribution in [3.63, 3.8) is 0 Å². The molecule has 34 heavy (non-hydrogen) atoms. The Hall–Kier alpha value is -2.26. The number of hydrogen-bond donors (Lipinski definition) is 2. The number of nitrogens with zero attached hydrogens (tertiary/aromatic N) is 2. The molecular formula is C25H26ClN3O4S. The number of carbonyl (C=O) groups is 3. The van der Waals surface area contributed by atoms with Crippen LogP contribution < -0.4 is 5.73 Å². The fourth-order valence-corrected chi connectivity index (χ4v) is 8.05. The number of halogens is 1. The van der Waals surface area contributed by atoms with Crippen LogP contribution in [0.5, 0.6) is 0 Å². The number of likely N-dealkylation sites (tertiary alicyclic amines) is 1. The summed E-state index contributed by atoms with van der Waals surface area (Å²) in [5.41, 5.74) is 6.58. The predicted octanol–water partition coefficient (Wildman–Crippen LogP) is 3.53. The van der Waals surface area contributed by atoms with Crippen molar-refractivity contribution in [3.05, 3.63) is 45.8 Å². The van der Waals surface area contributed by atoms with Crippen molar-refractivity contribution in [1.82, 2.24) is 9.80 Å². The van der Waals surface area contributed by atoms with Crippen LogP contribution in [0, 0.1) is 23.7 Å². The molecule has 2 aromatic rings. The average Bonchev–Trinajstić information content (AvgIpc) is 3.56. The van der Waals surface area contributed by atoms with Gasteiger partial charge in [0, 0.05) is 46.1 Å². The highest BCUT2D eigenvalue weighted by Crippen LogP contribution is 2.57. The van der Waals surface area contributed by atoms with Gasteiger partial charge in [-0.05, 0) is 37.7 Å². The zero-order valence-corrected chi connectivity index (χ0v) is 20.1. The summed E-state index contributed by atoms with van der Waals surface area (Å²) in [6, 6.07) is 6.84. The van der Waals surface area contributed by atoms with E-state index in [2.05, 4.69) is 17.0 Å². The van der Waals surface area contributed by atoms with Gasteiger partial charge in [0.05, 0.1) is 16.9 Å². The van der Waals surface area contributed by atoms with Crippen LogP contribution in [0.2, 0.25) is 5.02 Å². The third kappa shape index (κ3) is 3.19. The lowest BCUT2D eigenvalue weighted by Gasteiger charge is -2.55. The van der Waals surface area contributed by atoms with E-state index in [1.807, 2.05) is 18.2 Å². The van der Waals surface area contributed by atoms with Crippen molar-refractivity contribution in [3.8, 4) is 0 Å². The second kappa shape index (κ2) is 8.16. The van der Waals surface area contributed by atoms with Crippen LogP contribution in [0.15, 0.2) is 35.9 Å². The normalized spacial score (nSPS) is 30.8. The molecule has 3 N–H and O–H groups in total. The maximum atomic E-state index is 13.3. The van der Waals surface area contributed by atoms with Gasteiger partial charge < -0.3 is 10.8 Å². The molecule has 178 valence electrons. The van der Waals surface area contributed by atoms with Crippen molar-refractivity contribution < 1.29 is 19.5 Å². The third-order valence-electron chi connectivity index (χ3n) is 7.98. The molecule has 7 rings (SSSR count). The monoisotopic (exact) mass is 499 g/mol. The zero-order chi connectivity index (χ0) is 23.7. The molecule has 3 fully saturated rings. The number of thiophene rings is 1. The molecule has 2 saturated heterocycles. The highest BCUT2D eigenvalue weighted by Gasteiger charge is 2.66. The maximum Gasteiger partial charge on any atom is 0.328 e. The van der Waals surface area contributed by atoms with E-state index in [-0.39, 0.29) is 24.6 Å². The van der Waals surface area contributed by atoms with Gasteiger partial charge in [0.25, 0.3) is 0 Å². The smallest absolute Gasteiger partial charge is 0.328 e. The number of rotatable bonds is 6. The Morgan fingerprint density at radius 3 is 2.56 bits per heavy atom. The van der Waals surface area contributed by atoms with Gasteiger partial charge in [-0.2, -0.15) is 4.90 Å². The quantitative estimate of drug-likeness (QED) is 0.467. The molecule has 2 bridgehead atoms. The number of aliphatic hydroxyl groups excluding tert-OH is 1. The largest absolute Gasteiger partial charge is 0.396 e. The summed E-state index contributed by atoms with van der Waals surface area (Å²) in [6.45, 7) is 0.657. The van der Waals surface area contributed by atoms with Gasteiger partial charge in [0.2, 0.25) is 11.8 Å². The fourth-order valence-electron chi connectivity index (χ4n) is 6.55. The first-order valence-corrected chi connectivity index (χ1v) is 13.0. The molecule has 1 aromatic carbocycles. The molecule has 5 atom stereocenters. The molecule has 5 aliphatic rings. The van der Waals surface area contributed by atoms with Gasteiger partial charge >= 0.3 is 6.03 Å². The van der Waals surface area contributed by atoms with E-state index in [9.17, 15) is 19.5 Å². The van der Waals surface area contributed by atoms with Crippen LogP contribution in [-0.2, 0) is 16.1 Å². The van der Waals surface area contributed by atoms with Gasteiger partial charge in [-0.15, -0.1) is 11.3 Å². The Morgan fingerprint density at radius 1 is 1.15 bits per heavy atom. The first-order valence-electron chi connectivity index (χ1n) is 11.8. The molecule has 4 amide bonds. The number of nitrogens with two attached hydrogens (primary N) is 1. The van der Waals surface area contributed by atoms with Gasteiger partial charge in [-0.25, -0.2) is 4.79 Å². The summed E-state index contributed by atoms with van der Waals surface area (Å²) in [4.78, 5) is 42.7. The number of primary amides is 1. The van der Waals surface area contributed by atoms with Gasteiger partial charge in [0.15, 0.2) is 0 Å². The number of urea groups is 1. The van der Waals surface area contributed by atoms with E-state index >= 15 is 0 Å². The van der Waals surface area contributed by atoms with Crippen molar-refractivity contribution in [2.45, 2.75) is 44.3 Å². The first kappa shape index (κ1) is 22.2. The minimum Gasteiger partial charge on any atom is -0.396 e. The second-order valence-electron chi connectivity index (χ2n) is 9.82. The number of carbonyl (C=O) groups excluding carboxylic acids is 3. The first-order chi connectivity index (χ1) is 16.4. The summed E-state index contributed by atoms with van der Waals surface area (Å²) in [7, 11) is 0. The van der Waals surface area contributed by atoms with E-state index in [0.29, 0.717) is 30.2 Å². The molecular weight excluding hydrogens is 474 g/mol. The summed E-state index contributed by atoms with van der Waals surface area (Å²) in [5.74, 6) is -1.86. The number of amides is 4. The predicted molar refractivity (Wildman–Crippen MR) is 129 cm³/mol. The van der Waals surface area contributed by atoms with E-state index in [1.165, 1.54) is 0 Å². The van der Waals surface area contributed by atoms with Crippen LogP contribution >= 0.6 is 22.9 Å². The molecule has 5 unspecified atom stereocenters. The topological polar surface area (TPSA) is 104 Å². The summed E-state index contributed by atoms with van der Waals surface area (Å²) < 4.78 is 1.12. The van der Waals surface area contributed by atoms with E-state index in [4.69, 9.17) is 17.3 Å². The SMILES string of the molecule is NC(=O)N1C(=O)C2C(C1=O)C1C=C(CCCO)C2C(C2CC2)N1Cc1sc2ccccc2c1Cl. The maximum absolute atomic E-state index is 13.3. The lowest BCUT2D eigenvalue weighted by molar-refractivity contribution is -0.136. The van der Waals surface area contributed by atoms with Crippen molar-refractivity contribution in [2.75, 3.05) is 6.61 Å². The zero-order valence-electron chi connectivity index (χ0n) is 18.5. The second-order valence-corrected chi connectivity index (χ2v) is 11.3. The lowest BCUT2D eigenvalue weighted by Crippen LogP contribution is -2.63. The van der Waals surface area contributed by atoms with Crippen LogP contribution in [0.1, 0.15) is 30.6 Å². The third-order valence-corrected chi connectivity index (χ3v) is 9.68. The van der Waals surface area contributed by atoms with Gasteiger partial charge in [-0.3, -0.25) is 14.5 Å². The molecule has 1 saturated carbocycles. The Morgan fingerprint density at radius 2 is 1.88 bits per heavy atom. The number of hydrogen-bond acceptors (Lipinski definition) is 6. The number of piperidine rings is 1. The van der Waals surface area contributed by atoms with E-state index in [1.54, 1.807) is 11.3 Å². The Balaban J connectivity index is 1.44. The molecule has 3 aliphatic heterocycles. The summed E-state index contributed by atoms with van der Waals surface area (Å²) >= 11 is 8.46. The summed E-state index contributed by atoms with van der Waals surface area (Å²) in [5, 5.41) is 11.2. The molecule has 9 heteroatoms. The minimum atomic E-state index is -0.997. The molecule has 0 spiro atoms. The van der Waals surface area contributed by atoms with Crippen LogP contribution in [-0.4, -0.2) is 51.4 Å². The Kier molecular flexibility index (Phi) is 5.33. The van der Waals surface area contributed by atoms with E-state index < -0.39 is 29.7 Å². The van der Waals surface area contributed by atoms with Gasteiger partial charge in [0.1, 0.15) is 0 Å². The highest BCUT2D eigenvalue weighted by molar-refractivity contribution is 7.19. The van der Waals surface area contributed by atoms with Crippen LogP contribution in [0.3, 0.4) is 0 Å². The van der Waals surface area contributed by atoms with Crippen molar-refractivity contribution in [2.24, 2.45) is 29.4 Å². The molecule has 7 nitrogen and oxygen atoms in total. The summed E-state index contributed by atoms with van der Waals surface area (Å²) in [6.07, 6.45) is 5.57. The number of aliphatic hydroxyl groups is 1. The molecule has 2 aliphatic carbocycles. The number of benzene rings is 1. The molecule has 4 heterocycles. The lowest BCUT2D eigenvalue weighted by atomic mass is 9.61. The van der Waals surface area contributed by atoms with Crippen molar-refractivity contribution in [1.29, 1.82) is 0 Å². The molecule has 1 aromatic heterocycles. The molecule has 0 radical (unpaired) electrons. The van der Waals surface area contributed by atoms with E-state index in [0.717, 1.165) is 38.4 Å². The minimum absolute atomic E-state index is 0.0678. The fraction of sp³-hybridized carbons (Fsp3) is 0.480. The van der Waals surface area contributed by atoms with Crippen LogP contribution in [0.4, 0.5) is 4.79 Å². The van der Waals surface area contributed by atoms with Crippen molar-refractivity contribution >= 4 is 50.9 Å². The number of fused-ring (bicyclic) bond motifs is 2. The van der Waals surface area contributed by atoms with Gasteiger partial charge in [-0.1, -0.05) is 41.4 Å². The Labute approximate surface area is 206 Å². The average molecular weight is 500 g/mol. The Bertz CT molecular complexity index is 1240. The highest BCUT2D eigenvalue weighted by atomic mass is 35.5.